The number of hydrogen-bond donors (Lipinski definition) is 5. The number of phenolic OH excluding ortho intramolecular Hbond substituents is 2. The van der Waals surface area contributed by atoms with E-state index in [2.05, 4.69) is 5.32 Å². The van der Waals surface area contributed by atoms with Crippen molar-refractivity contribution in [1.29, 1.82) is 0 Å². The van der Waals surface area contributed by atoms with E-state index in [1.54, 1.807) is 36.4 Å². The first-order valence-electron chi connectivity index (χ1n) is 7.53. The van der Waals surface area contributed by atoms with E-state index in [9.17, 15) is 15.0 Å². The van der Waals surface area contributed by atoms with Gasteiger partial charge in [0.1, 0.15) is 11.5 Å². The molecule has 0 aliphatic heterocycles. The number of benzene rings is 3. The highest BCUT2D eigenvalue weighted by molar-refractivity contribution is 6.10. The first kappa shape index (κ1) is 16.2. The van der Waals surface area contributed by atoms with Crippen LogP contribution in [-0.2, 0) is 0 Å². The van der Waals surface area contributed by atoms with Crippen molar-refractivity contribution in [2.24, 2.45) is 0 Å². The van der Waals surface area contributed by atoms with E-state index in [-0.39, 0.29) is 23.1 Å². The fourth-order valence-corrected chi connectivity index (χ4v) is 2.53. The summed E-state index contributed by atoms with van der Waals surface area (Å²) in [5.41, 5.74) is 14.4. The smallest absolute Gasteiger partial charge is 0.256 e. The summed E-state index contributed by atoms with van der Waals surface area (Å²) < 4.78 is 0. The molecule has 1 amide bonds. The Hall–Kier alpha value is -3.67. The molecule has 0 heterocycles. The molecule has 0 saturated carbocycles. The van der Waals surface area contributed by atoms with E-state index in [1.165, 1.54) is 24.3 Å². The molecule has 0 unspecified atom stereocenters. The molecule has 7 N–H and O–H groups in total. The molecule has 3 aromatic rings. The zero-order chi connectivity index (χ0) is 18.0. The lowest BCUT2D eigenvalue weighted by atomic mass is 9.97. The molecule has 0 aliphatic carbocycles. The number of nitrogens with one attached hydrogen (secondary N) is 1. The first-order valence-corrected chi connectivity index (χ1v) is 7.53. The molecule has 0 fully saturated rings. The monoisotopic (exact) mass is 335 g/mol. The van der Waals surface area contributed by atoms with Crippen molar-refractivity contribution in [3.63, 3.8) is 0 Å². The van der Waals surface area contributed by atoms with Crippen LogP contribution < -0.4 is 16.8 Å². The van der Waals surface area contributed by atoms with Crippen molar-refractivity contribution in [2.75, 3.05) is 16.8 Å². The van der Waals surface area contributed by atoms with Crippen molar-refractivity contribution >= 4 is 23.0 Å². The topological polar surface area (TPSA) is 122 Å². The molecule has 126 valence electrons. The molecule has 0 aliphatic rings. The number of carbonyl (C=O) groups is 1. The van der Waals surface area contributed by atoms with E-state index >= 15 is 0 Å². The number of rotatable bonds is 3. The minimum Gasteiger partial charge on any atom is -0.508 e. The zero-order valence-electron chi connectivity index (χ0n) is 13.2. The molecular formula is C19H17N3O3. The van der Waals surface area contributed by atoms with Gasteiger partial charge in [0.05, 0.1) is 5.69 Å². The van der Waals surface area contributed by atoms with Gasteiger partial charge in [0.2, 0.25) is 0 Å². The second kappa shape index (κ2) is 6.45. The van der Waals surface area contributed by atoms with Crippen LogP contribution in [0.2, 0.25) is 0 Å². The second-order valence-corrected chi connectivity index (χ2v) is 5.54. The lowest BCUT2D eigenvalue weighted by Crippen LogP contribution is -2.14. The van der Waals surface area contributed by atoms with Gasteiger partial charge < -0.3 is 27.0 Å². The quantitative estimate of drug-likeness (QED) is 0.372. The van der Waals surface area contributed by atoms with Crippen molar-refractivity contribution < 1.29 is 15.0 Å². The molecule has 6 heteroatoms. The molecule has 3 rings (SSSR count). The Morgan fingerprint density at radius 3 is 2.28 bits per heavy atom. The molecule has 25 heavy (non-hydrogen) atoms. The van der Waals surface area contributed by atoms with Crippen molar-refractivity contribution in [1.82, 2.24) is 0 Å². The highest BCUT2D eigenvalue weighted by atomic mass is 16.3. The number of phenols is 2. The van der Waals surface area contributed by atoms with E-state index in [1.807, 2.05) is 0 Å². The van der Waals surface area contributed by atoms with E-state index in [4.69, 9.17) is 11.5 Å². The molecule has 0 saturated heterocycles. The standard InChI is InChI=1S/C19H17N3O3/c20-15-9-6-12(10-17(15)24)22-19(25)14-2-1-3-16(21)18(14)11-4-7-13(23)8-5-11/h1-10,23-24H,20-21H2,(H,22,25). The van der Waals surface area contributed by atoms with Crippen LogP contribution in [0.4, 0.5) is 17.1 Å². The van der Waals surface area contributed by atoms with E-state index < -0.39 is 0 Å². The van der Waals surface area contributed by atoms with Crippen LogP contribution in [0.5, 0.6) is 11.5 Å². The molecule has 0 bridgehead atoms. The minimum absolute atomic E-state index is 0.107. The van der Waals surface area contributed by atoms with Crippen LogP contribution in [0.3, 0.4) is 0 Å². The average molecular weight is 335 g/mol. The summed E-state index contributed by atoms with van der Waals surface area (Å²) in [6, 6.07) is 16.0. The Morgan fingerprint density at radius 2 is 1.60 bits per heavy atom. The van der Waals surface area contributed by atoms with Gasteiger partial charge in [0.25, 0.3) is 5.91 Å². The molecule has 0 atom stereocenters. The Morgan fingerprint density at radius 1 is 0.880 bits per heavy atom. The number of carbonyl (C=O) groups excluding carboxylic acids is 1. The number of aromatic hydroxyl groups is 2. The number of anilines is 3. The Labute approximate surface area is 144 Å². The van der Waals surface area contributed by atoms with Gasteiger partial charge in [0, 0.05) is 28.6 Å². The van der Waals surface area contributed by atoms with Gasteiger partial charge in [-0.25, -0.2) is 0 Å². The summed E-state index contributed by atoms with van der Waals surface area (Å²) in [7, 11) is 0. The third kappa shape index (κ3) is 3.32. The molecule has 0 aromatic heterocycles. The van der Waals surface area contributed by atoms with E-state index in [0.29, 0.717) is 28.1 Å². The van der Waals surface area contributed by atoms with Crippen LogP contribution in [0.1, 0.15) is 10.4 Å². The zero-order valence-corrected chi connectivity index (χ0v) is 13.2. The van der Waals surface area contributed by atoms with Crippen LogP contribution in [-0.4, -0.2) is 16.1 Å². The summed E-state index contributed by atoms with van der Waals surface area (Å²) in [5.74, 6) is -0.356. The SMILES string of the molecule is Nc1ccc(NC(=O)c2cccc(N)c2-c2ccc(O)cc2)cc1O. The lowest BCUT2D eigenvalue weighted by Gasteiger charge is -2.13. The highest BCUT2D eigenvalue weighted by Gasteiger charge is 2.16. The van der Waals surface area contributed by atoms with Crippen molar-refractivity contribution in [2.45, 2.75) is 0 Å². The predicted molar refractivity (Wildman–Crippen MR) is 98.4 cm³/mol. The third-order valence-corrected chi connectivity index (χ3v) is 3.79. The Bertz CT molecular complexity index is 937. The van der Waals surface area contributed by atoms with Crippen LogP contribution in [0.25, 0.3) is 11.1 Å². The van der Waals surface area contributed by atoms with Gasteiger partial charge in [-0.3, -0.25) is 4.79 Å². The number of nitrogens with two attached hydrogens (primary N) is 2. The van der Waals surface area contributed by atoms with Crippen LogP contribution >= 0.6 is 0 Å². The fraction of sp³-hybridized carbons (Fsp3) is 0. The number of hydrogen-bond acceptors (Lipinski definition) is 5. The molecule has 6 nitrogen and oxygen atoms in total. The summed E-state index contributed by atoms with van der Waals surface area (Å²) in [4.78, 5) is 12.7. The summed E-state index contributed by atoms with van der Waals surface area (Å²) in [6.45, 7) is 0. The first-order chi connectivity index (χ1) is 12.0. The maximum atomic E-state index is 12.7. The number of nitrogen functional groups attached to an aromatic ring is 2. The summed E-state index contributed by atoms with van der Waals surface area (Å²) in [6.07, 6.45) is 0. The predicted octanol–water partition coefficient (Wildman–Crippen LogP) is 3.18. The fourth-order valence-electron chi connectivity index (χ4n) is 2.53. The van der Waals surface area contributed by atoms with Gasteiger partial charge in [-0.15, -0.1) is 0 Å². The molecule has 3 aromatic carbocycles. The van der Waals surface area contributed by atoms with Crippen molar-refractivity contribution in [3.05, 3.63) is 66.2 Å². The van der Waals surface area contributed by atoms with Crippen LogP contribution in [0.15, 0.2) is 60.7 Å². The van der Waals surface area contributed by atoms with Crippen LogP contribution in [0, 0.1) is 0 Å². The minimum atomic E-state index is -0.375. The molecular weight excluding hydrogens is 318 g/mol. The average Bonchev–Trinajstić information content (AvgIpc) is 2.59. The van der Waals surface area contributed by atoms with E-state index in [0.717, 1.165) is 0 Å². The Balaban J connectivity index is 1.99. The highest BCUT2D eigenvalue weighted by Crippen LogP contribution is 2.32. The van der Waals surface area contributed by atoms with Gasteiger partial charge in [-0.2, -0.15) is 0 Å². The third-order valence-electron chi connectivity index (χ3n) is 3.79. The van der Waals surface area contributed by atoms with Gasteiger partial charge >= 0.3 is 0 Å². The normalized spacial score (nSPS) is 10.4. The number of amides is 1. The Kier molecular flexibility index (Phi) is 4.18. The maximum Gasteiger partial charge on any atom is 0.256 e. The lowest BCUT2D eigenvalue weighted by molar-refractivity contribution is 0.102. The summed E-state index contributed by atoms with van der Waals surface area (Å²) >= 11 is 0. The van der Waals surface area contributed by atoms with Crippen molar-refractivity contribution in [3.8, 4) is 22.6 Å². The second-order valence-electron chi connectivity index (χ2n) is 5.54. The maximum absolute atomic E-state index is 12.7. The van der Waals surface area contributed by atoms with Gasteiger partial charge in [-0.05, 0) is 42.0 Å². The largest absolute Gasteiger partial charge is 0.508 e. The summed E-state index contributed by atoms with van der Waals surface area (Å²) in [5, 5.41) is 21.8. The molecule has 0 radical (unpaired) electrons. The van der Waals surface area contributed by atoms with Gasteiger partial charge in [-0.1, -0.05) is 18.2 Å². The molecule has 0 spiro atoms. The van der Waals surface area contributed by atoms with Gasteiger partial charge in [0.15, 0.2) is 0 Å².